The van der Waals surface area contributed by atoms with Crippen molar-refractivity contribution in [3.05, 3.63) is 42.0 Å². The van der Waals surface area contributed by atoms with E-state index in [1.807, 2.05) is 11.6 Å². The van der Waals surface area contributed by atoms with Crippen LogP contribution in [0.3, 0.4) is 0 Å². The van der Waals surface area contributed by atoms with Gasteiger partial charge in [-0.05, 0) is 18.7 Å². The molecule has 1 heterocycles. The van der Waals surface area contributed by atoms with Gasteiger partial charge in [0.05, 0.1) is 5.56 Å². The van der Waals surface area contributed by atoms with E-state index in [4.69, 9.17) is 5.73 Å². The Labute approximate surface area is 93.7 Å². The Kier molecular flexibility index (Phi) is 3.01. The highest BCUT2D eigenvalue weighted by atomic mass is 19.1. The number of nitrogens with zero attached hydrogens (tertiary/aromatic N) is 2. The van der Waals surface area contributed by atoms with Crippen LogP contribution in [0.2, 0.25) is 0 Å². The topological polar surface area (TPSA) is 43.8 Å². The molecular weight excluding hydrogens is 205 g/mol. The van der Waals surface area contributed by atoms with E-state index in [-0.39, 0.29) is 5.82 Å². The zero-order valence-corrected chi connectivity index (χ0v) is 9.15. The summed E-state index contributed by atoms with van der Waals surface area (Å²) < 4.78 is 15.5. The maximum absolute atomic E-state index is 13.6. The molecule has 0 aliphatic heterocycles. The highest BCUT2D eigenvalue weighted by Gasteiger charge is 2.11. The molecule has 0 aliphatic carbocycles. The molecule has 0 saturated carbocycles. The standard InChI is InChI=1S/C12H14FN3/c1-16-9(6-7-14)8-15-12(16)10-4-2-3-5-11(10)13/h2-5,8H,6-7,14H2,1H3. The van der Waals surface area contributed by atoms with Gasteiger partial charge in [0.15, 0.2) is 0 Å². The Hall–Kier alpha value is -1.68. The number of halogens is 1. The fourth-order valence-corrected chi connectivity index (χ4v) is 1.72. The average molecular weight is 219 g/mol. The first-order valence-corrected chi connectivity index (χ1v) is 5.19. The van der Waals surface area contributed by atoms with E-state index >= 15 is 0 Å². The van der Waals surface area contributed by atoms with Crippen molar-refractivity contribution in [2.45, 2.75) is 6.42 Å². The lowest BCUT2D eigenvalue weighted by Crippen LogP contribution is -2.07. The predicted molar refractivity (Wildman–Crippen MR) is 61.4 cm³/mol. The Morgan fingerprint density at radius 3 is 2.81 bits per heavy atom. The first-order chi connectivity index (χ1) is 7.74. The monoisotopic (exact) mass is 219 g/mol. The second-order valence-electron chi connectivity index (χ2n) is 3.65. The second kappa shape index (κ2) is 4.45. The minimum atomic E-state index is -0.254. The summed E-state index contributed by atoms with van der Waals surface area (Å²) in [6.45, 7) is 0.566. The van der Waals surface area contributed by atoms with Crippen molar-refractivity contribution in [3.63, 3.8) is 0 Å². The lowest BCUT2D eigenvalue weighted by atomic mass is 10.2. The van der Waals surface area contributed by atoms with Gasteiger partial charge in [-0.1, -0.05) is 12.1 Å². The minimum absolute atomic E-state index is 0.254. The van der Waals surface area contributed by atoms with Crippen LogP contribution in [0, 0.1) is 5.82 Å². The average Bonchev–Trinajstić information content (AvgIpc) is 2.62. The van der Waals surface area contributed by atoms with Crippen molar-refractivity contribution in [1.82, 2.24) is 9.55 Å². The summed E-state index contributed by atoms with van der Waals surface area (Å²) in [5.41, 5.74) is 7.03. The van der Waals surface area contributed by atoms with Gasteiger partial charge in [-0.15, -0.1) is 0 Å². The molecule has 0 amide bonds. The van der Waals surface area contributed by atoms with E-state index < -0.39 is 0 Å². The van der Waals surface area contributed by atoms with Crippen LogP contribution in [0.5, 0.6) is 0 Å². The first kappa shape index (κ1) is 10.8. The van der Waals surface area contributed by atoms with Gasteiger partial charge in [-0.3, -0.25) is 0 Å². The molecule has 2 N–H and O–H groups in total. The van der Waals surface area contributed by atoms with Crippen LogP contribution in [0.15, 0.2) is 30.5 Å². The van der Waals surface area contributed by atoms with Crippen LogP contribution in [-0.2, 0) is 13.5 Å². The van der Waals surface area contributed by atoms with E-state index in [1.54, 1.807) is 24.4 Å². The molecular formula is C12H14FN3. The number of nitrogens with two attached hydrogens (primary N) is 1. The molecule has 0 fully saturated rings. The van der Waals surface area contributed by atoms with E-state index in [9.17, 15) is 4.39 Å². The zero-order valence-electron chi connectivity index (χ0n) is 9.15. The highest BCUT2D eigenvalue weighted by molar-refractivity contribution is 5.56. The molecule has 0 saturated heterocycles. The van der Waals surface area contributed by atoms with Crippen molar-refractivity contribution in [1.29, 1.82) is 0 Å². The molecule has 16 heavy (non-hydrogen) atoms. The Balaban J connectivity index is 2.45. The van der Waals surface area contributed by atoms with Crippen molar-refractivity contribution in [2.24, 2.45) is 12.8 Å². The molecule has 4 heteroatoms. The van der Waals surface area contributed by atoms with Crippen molar-refractivity contribution in [3.8, 4) is 11.4 Å². The van der Waals surface area contributed by atoms with E-state index in [0.29, 0.717) is 17.9 Å². The van der Waals surface area contributed by atoms with E-state index in [2.05, 4.69) is 4.98 Å². The summed E-state index contributed by atoms with van der Waals surface area (Å²) in [5, 5.41) is 0. The summed E-state index contributed by atoms with van der Waals surface area (Å²) in [4.78, 5) is 4.23. The molecule has 0 atom stereocenters. The van der Waals surface area contributed by atoms with Gasteiger partial charge in [0.1, 0.15) is 11.6 Å². The predicted octanol–water partition coefficient (Wildman–Crippen LogP) is 1.73. The summed E-state index contributed by atoms with van der Waals surface area (Å²) in [6.07, 6.45) is 2.49. The molecule has 0 radical (unpaired) electrons. The van der Waals surface area contributed by atoms with E-state index in [1.165, 1.54) is 6.07 Å². The normalized spacial score (nSPS) is 10.7. The molecule has 2 aromatic rings. The quantitative estimate of drug-likeness (QED) is 0.854. The maximum Gasteiger partial charge on any atom is 0.142 e. The van der Waals surface area contributed by atoms with Crippen molar-refractivity contribution >= 4 is 0 Å². The summed E-state index contributed by atoms with van der Waals surface area (Å²) in [7, 11) is 1.87. The van der Waals surface area contributed by atoms with Gasteiger partial charge in [0.25, 0.3) is 0 Å². The van der Waals surface area contributed by atoms with Crippen LogP contribution in [0.4, 0.5) is 4.39 Å². The Bertz CT molecular complexity index is 491. The van der Waals surface area contributed by atoms with E-state index in [0.717, 1.165) is 12.1 Å². The molecule has 3 nitrogen and oxygen atoms in total. The van der Waals surface area contributed by atoms with Crippen molar-refractivity contribution < 1.29 is 4.39 Å². The SMILES string of the molecule is Cn1c(CCN)cnc1-c1ccccc1F. The maximum atomic E-state index is 13.6. The van der Waals surface area contributed by atoms with Crippen LogP contribution >= 0.6 is 0 Å². The number of imidazole rings is 1. The minimum Gasteiger partial charge on any atom is -0.331 e. The third kappa shape index (κ3) is 1.84. The highest BCUT2D eigenvalue weighted by Crippen LogP contribution is 2.21. The first-order valence-electron chi connectivity index (χ1n) is 5.19. The summed E-state index contributed by atoms with van der Waals surface area (Å²) in [6, 6.07) is 6.63. The lowest BCUT2D eigenvalue weighted by Gasteiger charge is -2.05. The van der Waals surface area contributed by atoms with Gasteiger partial charge in [-0.25, -0.2) is 9.37 Å². The van der Waals surface area contributed by atoms with Gasteiger partial charge >= 0.3 is 0 Å². The van der Waals surface area contributed by atoms with Crippen LogP contribution in [0.1, 0.15) is 5.69 Å². The number of hydrogen-bond acceptors (Lipinski definition) is 2. The Morgan fingerprint density at radius 2 is 2.12 bits per heavy atom. The number of hydrogen-bond donors (Lipinski definition) is 1. The molecule has 1 aromatic heterocycles. The molecule has 0 bridgehead atoms. The molecule has 0 unspecified atom stereocenters. The second-order valence-corrected chi connectivity index (χ2v) is 3.65. The van der Waals surface area contributed by atoms with Gasteiger partial charge in [-0.2, -0.15) is 0 Å². The van der Waals surface area contributed by atoms with Crippen LogP contribution < -0.4 is 5.73 Å². The zero-order chi connectivity index (χ0) is 11.5. The fourth-order valence-electron chi connectivity index (χ4n) is 1.72. The third-order valence-corrected chi connectivity index (χ3v) is 2.60. The third-order valence-electron chi connectivity index (χ3n) is 2.60. The molecule has 0 aliphatic rings. The lowest BCUT2D eigenvalue weighted by molar-refractivity contribution is 0.628. The fraction of sp³-hybridized carbons (Fsp3) is 0.250. The summed E-state index contributed by atoms with van der Waals surface area (Å²) >= 11 is 0. The largest absolute Gasteiger partial charge is 0.331 e. The van der Waals surface area contributed by atoms with Crippen LogP contribution in [-0.4, -0.2) is 16.1 Å². The molecule has 84 valence electrons. The number of rotatable bonds is 3. The van der Waals surface area contributed by atoms with Crippen LogP contribution in [0.25, 0.3) is 11.4 Å². The molecule has 1 aromatic carbocycles. The number of benzene rings is 1. The van der Waals surface area contributed by atoms with Gasteiger partial charge < -0.3 is 10.3 Å². The smallest absolute Gasteiger partial charge is 0.142 e. The summed E-state index contributed by atoms with van der Waals surface area (Å²) in [5.74, 6) is 0.386. The molecule has 0 spiro atoms. The Morgan fingerprint density at radius 1 is 1.38 bits per heavy atom. The number of aromatic nitrogens is 2. The van der Waals surface area contributed by atoms with Crippen molar-refractivity contribution in [2.75, 3.05) is 6.54 Å². The van der Waals surface area contributed by atoms with Gasteiger partial charge in [0.2, 0.25) is 0 Å². The molecule has 2 rings (SSSR count). The van der Waals surface area contributed by atoms with Gasteiger partial charge in [0, 0.05) is 25.4 Å².